The first-order valence-electron chi connectivity index (χ1n) is 3.99. The standard InChI is InChI=1S/C8H14ClN3/c1-5(4-10)12-7(3)8(9)6(2)11-12/h5H,4,10H2,1-3H3/t5-/m1/s1. The van der Waals surface area contributed by atoms with E-state index in [0.29, 0.717) is 6.54 Å². The first-order valence-corrected chi connectivity index (χ1v) is 4.37. The molecule has 0 aliphatic heterocycles. The molecule has 0 saturated heterocycles. The second-order valence-electron chi connectivity index (χ2n) is 3.01. The molecule has 68 valence electrons. The second kappa shape index (κ2) is 3.46. The van der Waals surface area contributed by atoms with Crippen molar-refractivity contribution in [3.63, 3.8) is 0 Å². The minimum atomic E-state index is 0.219. The van der Waals surface area contributed by atoms with Gasteiger partial charge in [0.1, 0.15) is 0 Å². The monoisotopic (exact) mass is 187 g/mol. The number of aryl methyl sites for hydroxylation is 1. The number of nitrogens with two attached hydrogens (primary N) is 1. The average molecular weight is 188 g/mol. The summed E-state index contributed by atoms with van der Waals surface area (Å²) in [7, 11) is 0. The maximum absolute atomic E-state index is 5.98. The highest BCUT2D eigenvalue weighted by molar-refractivity contribution is 6.31. The van der Waals surface area contributed by atoms with Gasteiger partial charge in [0.2, 0.25) is 0 Å². The van der Waals surface area contributed by atoms with Crippen molar-refractivity contribution in [2.24, 2.45) is 5.73 Å². The molecule has 0 bridgehead atoms. The van der Waals surface area contributed by atoms with Crippen LogP contribution in [0.5, 0.6) is 0 Å². The van der Waals surface area contributed by atoms with E-state index in [1.165, 1.54) is 0 Å². The zero-order chi connectivity index (χ0) is 9.30. The fourth-order valence-electron chi connectivity index (χ4n) is 1.17. The highest BCUT2D eigenvalue weighted by Crippen LogP contribution is 2.21. The predicted molar refractivity (Wildman–Crippen MR) is 50.5 cm³/mol. The van der Waals surface area contributed by atoms with Gasteiger partial charge in [-0.3, -0.25) is 4.68 Å². The van der Waals surface area contributed by atoms with E-state index in [4.69, 9.17) is 17.3 Å². The molecule has 12 heavy (non-hydrogen) atoms. The van der Waals surface area contributed by atoms with Gasteiger partial charge in [0.15, 0.2) is 0 Å². The van der Waals surface area contributed by atoms with Crippen molar-refractivity contribution in [1.29, 1.82) is 0 Å². The Labute approximate surface area is 77.5 Å². The summed E-state index contributed by atoms with van der Waals surface area (Å²) in [6.45, 7) is 6.46. The van der Waals surface area contributed by atoms with Crippen LogP contribution >= 0.6 is 11.6 Å². The smallest absolute Gasteiger partial charge is 0.0844 e. The SMILES string of the molecule is Cc1nn([C@H](C)CN)c(C)c1Cl. The summed E-state index contributed by atoms with van der Waals surface area (Å²) in [5, 5.41) is 5.03. The normalized spacial score (nSPS) is 13.4. The molecule has 4 heteroatoms. The van der Waals surface area contributed by atoms with Crippen LogP contribution in [-0.4, -0.2) is 16.3 Å². The lowest BCUT2D eigenvalue weighted by molar-refractivity contribution is 0.487. The van der Waals surface area contributed by atoms with Crippen molar-refractivity contribution >= 4 is 11.6 Å². The van der Waals surface area contributed by atoms with Crippen molar-refractivity contribution in [2.45, 2.75) is 26.8 Å². The molecule has 0 fully saturated rings. The molecule has 0 aromatic carbocycles. The number of hydrogen-bond donors (Lipinski definition) is 1. The Balaban J connectivity index is 3.08. The summed E-state index contributed by atoms with van der Waals surface area (Å²) in [5.74, 6) is 0. The molecule has 1 atom stereocenters. The lowest BCUT2D eigenvalue weighted by Gasteiger charge is -2.10. The van der Waals surface area contributed by atoms with Crippen LogP contribution < -0.4 is 5.73 Å². The number of halogens is 1. The van der Waals surface area contributed by atoms with Crippen LogP contribution in [0.4, 0.5) is 0 Å². The zero-order valence-corrected chi connectivity index (χ0v) is 8.39. The van der Waals surface area contributed by atoms with Crippen molar-refractivity contribution in [3.05, 3.63) is 16.4 Å². The maximum atomic E-state index is 5.98. The summed E-state index contributed by atoms with van der Waals surface area (Å²) >= 11 is 5.98. The van der Waals surface area contributed by atoms with Gasteiger partial charge >= 0.3 is 0 Å². The van der Waals surface area contributed by atoms with Crippen molar-refractivity contribution < 1.29 is 0 Å². The Kier molecular flexibility index (Phi) is 2.75. The van der Waals surface area contributed by atoms with Crippen molar-refractivity contribution in [1.82, 2.24) is 9.78 Å². The van der Waals surface area contributed by atoms with Gasteiger partial charge in [0.05, 0.1) is 22.5 Å². The molecular weight excluding hydrogens is 174 g/mol. The van der Waals surface area contributed by atoms with Gasteiger partial charge in [-0.2, -0.15) is 5.10 Å². The minimum absolute atomic E-state index is 0.219. The lowest BCUT2D eigenvalue weighted by atomic mass is 10.3. The summed E-state index contributed by atoms with van der Waals surface area (Å²) in [5.41, 5.74) is 7.39. The molecule has 0 saturated carbocycles. The maximum Gasteiger partial charge on any atom is 0.0844 e. The average Bonchev–Trinajstić information content (AvgIpc) is 2.32. The topological polar surface area (TPSA) is 43.8 Å². The van der Waals surface area contributed by atoms with Crippen LogP contribution in [-0.2, 0) is 0 Å². The van der Waals surface area contributed by atoms with Gasteiger partial charge in [-0.05, 0) is 20.8 Å². The third-order valence-corrected chi connectivity index (χ3v) is 2.54. The molecule has 1 aromatic rings. The van der Waals surface area contributed by atoms with E-state index >= 15 is 0 Å². The Bertz CT molecular complexity index is 280. The molecule has 0 aliphatic rings. The fourth-order valence-corrected chi connectivity index (χ4v) is 1.30. The van der Waals surface area contributed by atoms with Crippen LogP contribution in [0.1, 0.15) is 24.4 Å². The van der Waals surface area contributed by atoms with Crippen molar-refractivity contribution in [3.8, 4) is 0 Å². The third kappa shape index (κ3) is 1.47. The Hall–Kier alpha value is -0.540. The van der Waals surface area contributed by atoms with Gasteiger partial charge in [0.25, 0.3) is 0 Å². The summed E-state index contributed by atoms with van der Waals surface area (Å²) in [4.78, 5) is 0. The first kappa shape index (κ1) is 9.55. The van der Waals surface area contributed by atoms with Crippen LogP contribution in [0.2, 0.25) is 5.02 Å². The number of hydrogen-bond acceptors (Lipinski definition) is 2. The van der Waals surface area contributed by atoms with Crippen LogP contribution in [0, 0.1) is 13.8 Å². The number of rotatable bonds is 2. The molecule has 0 radical (unpaired) electrons. The third-order valence-electron chi connectivity index (χ3n) is 2.00. The van der Waals surface area contributed by atoms with E-state index in [2.05, 4.69) is 5.10 Å². The number of aromatic nitrogens is 2. The molecule has 1 aromatic heterocycles. The molecule has 0 aliphatic carbocycles. The van der Waals surface area contributed by atoms with Crippen LogP contribution in [0.25, 0.3) is 0 Å². The molecule has 1 rings (SSSR count). The Morgan fingerprint density at radius 1 is 1.58 bits per heavy atom. The van der Waals surface area contributed by atoms with Crippen molar-refractivity contribution in [2.75, 3.05) is 6.54 Å². The molecular formula is C8H14ClN3. The summed E-state index contributed by atoms with van der Waals surface area (Å²) in [6, 6.07) is 0.219. The largest absolute Gasteiger partial charge is 0.328 e. The summed E-state index contributed by atoms with van der Waals surface area (Å²) in [6.07, 6.45) is 0. The zero-order valence-electron chi connectivity index (χ0n) is 7.63. The van der Waals surface area contributed by atoms with E-state index in [-0.39, 0.29) is 6.04 Å². The highest BCUT2D eigenvalue weighted by Gasteiger charge is 2.12. The van der Waals surface area contributed by atoms with Gasteiger partial charge in [0, 0.05) is 6.54 Å². The van der Waals surface area contributed by atoms with Crippen LogP contribution in [0.15, 0.2) is 0 Å². The highest BCUT2D eigenvalue weighted by atomic mass is 35.5. The van der Waals surface area contributed by atoms with E-state index in [1.54, 1.807) is 0 Å². The van der Waals surface area contributed by atoms with E-state index in [9.17, 15) is 0 Å². The summed E-state index contributed by atoms with van der Waals surface area (Å²) < 4.78 is 1.87. The van der Waals surface area contributed by atoms with Gasteiger partial charge in [-0.1, -0.05) is 11.6 Å². The fraction of sp³-hybridized carbons (Fsp3) is 0.625. The molecule has 0 unspecified atom stereocenters. The van der Waals surface area contributed by atoms with Gasteiger partial charge in [-0.15, -0.1) is 0 Å². The Morgan fingerprint density at radius 3 is 2.50 bits per heavy atom. The quantitative estimate of drug-likeness (QED) is 0.766. The lowest BCUT2D eigenvalue weighted by Crippen LogP contribution is -2.18. The minimum Gasteiger partial charge on any atom is -0.328 e. The molecule has 1 heterocycles. The first-order chi connectivity index (χ1) is 5.57. The van der Waals surface area contributed by atoms with Crippen LogP contribution in [0.3, 0.4) is 0 Å². The second-order valence-corrected chi connectivity index (χ2v) is 3.39. The van der Waals surface area contributed by atoms with E-state index in [1.807, 2.05) is 25.5 Å². The molecule has 2 N–H and O–H groups in total. The number of nitrogens with zero attached hydrogens (tertiary/aromatic N) is 2. The van der Waals surface area contributed by atoms with E-state index in [0.717, 1.165) is 16.4 Å². The molecule has 0 amide bonds. The van der Waals surface area contributed by atoms with Gasteiger partial charge in [-0.25, -0.2) is 0 Å². The molecule has 0 spiro atoms. The van der Waals surface area contributed by atoms with Gasteiger partial charge < -0.3 is 5.73 Å². The Morgan fingerprint density at radius 2 is 2.17 bits per heavy atom. The van der Waals surface area contributed by atoms with E-state index < -0.39 is 0 Å². The predicted octanol–water partition coefficient (Wildman–Crippen LogP) is 1.67. The molecule has 3 nitrogen and oxygen atoms in total.